The minimum Gasteiger partial charge on any atom is -0.309 e. The third kappa shape index (κ3) is 2.86. The number of nitrogens with one attached hydrogen (secondary N) is 1. The van der Waals surface area contributed by atoms with Gasteiger partial charge in [-0.05, 0) is 17.5 Å². The Kier molecular flexibility index (Phi) is 3.48. The summed E-state index contributed by atoms with van der Waals surface area (Å²) >= 11 is 0. The monoisotopic (exact) mass is 268 g/mol. The zero-order chi connectivity index (χ0) is 13.9. The van der Waals surface area contributed by atoms with E-state index >= 15 is 0 Å². The van der Waals surface area contributed by atoms with E-state index in [9.17, 15) is 10.1 Å². The Hall–Kier alpha value is -2.20. The first kappa shape index (κ1) is 12.8. The summed E-state index contributed by atoms with van der Waals surface area (Å²) in [5.41, 5.74) is 2.47. The van der Waals surface area contributed by atoms with Gasteiger partial charge in [-0.2, -0.15) is 0 Å². The van der Waals surface area contributed by atoms with Gasteiger partial charge in [-0.1, -0.05) is 42.5 Å². The van der Waals surface area contributed by atoms with E-state index in [4.69, 9.17) is 0 Å². The van der Waals surface area contributed by atoms with Crippen molar-refractivity contribution in [3.8, 4) is 0 Å². The van der Waals surface area contributed by atoms with Crippen molar-refractivity contribution in [1.82, 2.24) is 5.32 Å². The number of hydrogen-bond acceptors (Lipinski definition) is 3. The zero-order valence-corrected chi connectivity index (χ0v) is 11.0. The summed E-state index contributed by atoms with van der Waals surface area (Å²) in [6.45, 7) is 0.676. The Labute approximate surface area is 117 Å². The minimum atomic E-state index is -0.354. The molecule has 0 aliphatic heterocycles. The lowest BCUT2D eigenvalue weighted by atomic mass is 10.1. The van der Waals surface area contributed by atoms with Crippen molar-refractivity contribution in [2.24, 2.45) is 0 Å². The Morgan fingerprint density at radius 3 is 2.70 bits per heavy atom. The molecule has 2 aromatic carbocycles. The maximum atomic E-state index is 10.7. The largest absolute Gasteiger partial charge is 0.309 e. The molecule has 0 radical (unpaired) electrons. The van der Waals surface area contributed by atoms with E-state index in [1.165, 1.54) is 11.6 Å². The SMILES string of the molecule is O=[N+]([O-])c1cccc(CN[C@@H]2C[C@H]2c2ccccc2)c1. The zero-order valence-electron chi connectivity index (χ0n) is 11.0. The average molecular weight is 268 g/mol. The molecule has 102 valence electrons. The van der Waals surface area contributed by atoms with Crippen LogP contribution in [0.2, 0.25) is 0 Å². The summed E-state index contributed by atoms with van der Waals surface area (Å²) in [5, 5.41) is 14.2. The highest BCUT2D eigenvalue weighted by atomic mass is 16.6. The van der Waals surface area contributed by atoms with Gasteiger partial charge in [0.05, 0.1) is 4.92 Å². The van der Waals surface area contributed by atoms with Crippen LogP contribution in [0.1, 0.15) is 23.5 Å². The first-order chi connectivity index (χ1) is 9.74. The van der Waals surface area contributed by atoms with Gasteiger partial charge in [0.2, 0.25) is 0 Å². The Bertz CT molecular complexity index is 613. The molecule has 1 aliphatic rings. The van der Waals surface area contributed by atoms with Crippen LogP contribution in [0.3, 0.4) is 0 Å². The van der Waals surface area contributed by atoms with Crippen molar-refractivity contribution in [2.45, 2.75) is 24.9 Å². The van der Waals surface area contributed by atoms with Gasteiger partial charge in [-0.15, -0.1) is 0 Å². The van der Waals surface area contributed by atoms with Crippen LogP contribution in [0.5, 0.6) is 0 Å². The maximum Gasteiger partial charge on any atom is 0.269 e. The molecule has 2 aromatic rings. The Balaban J connectivity index is 1.56. The lowest BCUT2D eigenvalue weighted by Crippen LogP contribution is -2.17. The van der Waals surface area contributed by atoms with Gasteiger partial charge in [-0.25, -0.2) is 0 Å². The lowest BCUT2D eigenvalue weighted by molar-refractivity contribution is -0.384. The van der Waals surface area contributed by atoms with Gasteiger partial charge in [0.25, 0.3) is 5.69 Å². The van der Waals surface area contributed by atoms with E-state index in [1.807, 2.05) is 12.1 Å². The summed E-state index contributed by atoms with van der Waals surface area (Å²) in [6.07, 6.45) is 1.14. The molecule has 0 spiro atoms. The lowest BCUT2D eigenvalue weighted by Gasteiger charge is -2.04. The van der Waals surface area contributed by atoms with Crippen LogP contribution in [0.4, 0.5) is 5.69 Å². The topological polar surface area (TPSA) is 55.2 Å². The summed E-state index contributed by atoms with van der Waals surface area (Å²) in [6, 6.07) is 17.7. The molecule has 4 nitrogen and oxygen atoms in total. The average Bonchev–Trinajstić information content (AvgIpc) is 3.26. The number of benzene rings is 2. The quantitative estimate of drug-likeness (QED) is 0.669. The maximum absolute atomic E-state index is 10.7. The number of non-ortho nitro benzene ring substituents is 1. The highest BCUT2D eigenvalue weighted by molar-refractivity contribution is 5.34. The van der Waals surface area contributed by atoms with Crippen molar-refractivity contribution >= 4 is 5.69 Å². The molecular formula is C16H16N2O2. The van der Waals surface area contributed by atoms with Crippen molar-refractivity contribution in [3.05, 3.63) is 75.8 Å². The molecule has 1 saturated carbocycles. The van der Waals surface area contributed by atoms with Crippen LogP contribution in [0.15, 0.2) is 54.6 Å². The third-order valence-corrected chi connectivity index (χ3v) is 3.71. The van der Waals surface area contributed by atoms with Crippen molar-refractivity contribution in [2.75, 3.05) is 0 Å². The molecule has 0 saturated heterocycles. The van der Waals surface area contributed by atoms with Crippen molar-refractivity contribution in [3.63, 3.8) is 0 Å². The molecule has 0 heterocycles. The summed E-state index contributed by atoms with van der Waals surface area (Å²) in [4.78, 5) is 10.4. The number of hydrogen-bond donors (Lipinski definition) is 1. The molecule has 1 N–H and O–H groups in total. The molecule has 20 heavy (non-hydrogen) atoms. The van der Waals surface area contributed by atoms with E-state index in [2.05, 4.69) is 29.6 Å². The number of rotatable bonds is 5. The van der Waals surface area contributed by atoms with Gasteiger partial charge < -0.3 is 5.32 Å². The fourth-order valence-electron chi connectivity index (χ4n) is 2.52. The molecule has 3 rings (SSSR count). The highest BCUT2D eigenvalue weighted by Gasteiger charge is 2.37. The molecule has 4 heteroatoms. The van der Waals surface area contributed by atoms with Crippen molar-refractivity contribution < 1.29 is 4.92 Å². The Morgan fingerprint density at radius 2 is 1.95 bits per heavy atom. The molecule has 1 fully saturated rings. The van der Waals surface area contributed by atoms with Gasteiger partial charge in [-0.3, -0.25) is 10.1 Å². The van der Waals surface area contributed by atoms with Crippen LogP contribution in [0.25, 0.3) is 0 Å². The van der Waals surface area contributed by atoms with Crippen LogP contribution in [-0.2, 0) is 6.54 Å². The van der Waals surface area contributed by atoms with Crippen LogP contribution < -0.4 is 5.32 Å². The van der Waals surface area contributed by atoms with Gasteiger partial charge >= 0.3 is 0 Å². The van der Waals surface area contributed by atoms with Crippen LogP contribution in [0, 0.1) is 10.1 Å². The van der Waals surface area contributed by atoms with Crippen LogP contribution >= 0.6 is 0 Å². The first-order valence-corrected chi connectivity index (χ1v) is 6.76. The second-order valence-corrected chi connectivity index (χ2v) is 5.17. The first-order valence-electron chi connectivity index (χ1n) is 6.76. The van der Waals surface area contributed by atoms with E-state index in [1.54, 1.807) is 12.1 Å². The summed E-state index contributed by atoms with van der Waals surface area (Å²) < 4.78 is 0. The minimum absolute atomic E-state index is 0.153. The molecule has 0 amide bonds. The second kappa shape index (κ2) is 5.43. The Morgan fingerprint density at radius 1 is 1.15 bits per heavy atom. The molecule has 0 bridgehead atoms. The number of nitrogens with zero attached hydrogens (tertiary/aromatic N) is 1. The third-order valence-electron chi connectivity index (χ3n) is 3.71. The molecule has 0 aromatic heterocycles. The standard InChI is InChI=1S/C16H16N2O2/c19-18(20)14-8-4-5-12(9-14)11-17-16-10-15(16)13-6-2-1-3-7-13/h1-9,15-17H,10-11H2/t15-,16+/m0/s1. The van der Waals surface area contributed by atoms with Gasteiger partial charge in [0.15, 0.2) is 0 Å². The fourth-order valence-corrected chi connectivity index (χ4v) is 2.52. The number of nitro benzene ring substituents is 1. The van der Waals surface area contributed by atoms with E-state index in [-0.39, 0.29) is 10.6 Å². The normalized spacial score (nSPS) is 20.6. The van der Waals surface area contributed by atoms with Crippen molar-refractivity contribution in [1.29, 1.82) is 0 Å². The van der Waals surface area contributed by atoms with Gasteiger partial charge in [0.1, 0.15) is 0 Å². The molecular weight excluding hydrogens is 252 g/mol. The highest BCUT2D eigenvalue weighted by Crippen LogP contribution is 2.40. The molecule has 2 atom stereocenters. The predicted octanol–water partition coefficient (Wildman–Crippen LogP) is 3.24. The van der Waals surface area contributed by atoms with E-state index in [0.29, 0.717) is 18.5 Å². The van der Waals surface area contributed by atoms with Crippen LogP contribution in [-0.4, -0.2) is 11.0 Å². The second-order valence-electron chi connectivity index (χ2n) is 5.17. The summed E-state index contributed by atoms with van der Waals surface area (Å²) in [5.74, 6) is 0.579. The number of nitro groups is 1. The van der Waals surface area contributed by atoms with E-state index < -0.39 is 0 Å². The van der Waals surface area contributed by atoms with Gasteiger partial charge in [0, 0.05) is 30.6 Å². The summed E-state index contributed by atoms with van der Waals surface area (Å²) in [7, 11) is 0. The molecule has 1 aliphatic carbocycles. The smallest absolute Gasteiger partial charge is 0.269 e. The molecule has 0 unspecified atom stereocenters. The fraction of sp³-hybridized carbons (Fsp3) is 0.250. The predicted molar refractivity (Wildman–Crippen MR) is 77.5 cm³/mol. The van der Waals surface area contributed by atoms with E-state index in [0.717, 1.165) is 12.0 Å².